The Morgan fingerprint density at radius 1 is 1.57 bits per heavy atom. The highest BCUT2D eigenvalue weighted by molar-refractivity contribution is 9.10. The summed E-state index contributed by atoms with van der Waals surface area (Å²) in [5, 5.41) is 27.1. The molecule has 110 valence electrons. The topological polar surface area (TPSA) is 137 Å². The molecule has 2 aromatic rings. The third-order valence-corrected chi connectivity index (χ3v) is 3.31. The third kappa shape index (κ3) is 3.41. The maximum atomic E-state index is 10.7. The van der Waals surface area contributed by atoms with Crippen molar-refractivity contribution in [3.05, 3.63) is 44.7 Å². The molecule has 0 saturated heterocycles. The Bertz CT molecular complexity index is 702. The number of rotatable bonds is 5. The molecule has 0 saturated carbocycles. The van der Waals surface area contributed by atoms with Crippen LogP contribution in [0.25, 0.3) is 5.69 Å². The van der Waals surface area contributed by atoms with Gasteiger partial charge in [-0.2, -0.15) is 0 Å². The Kier molecular flexibility index (Phi) is 4.29. The zero-order valence-electron chi connectivity index (χ0n) is 10.5. The van der Waals surface area contributed by atoms with Gasteiger partial charge in [0.2, 0.25) is 0 Å². The minimum absolute atomic E-state index is 0.0451. The SMILES string of the molecule is NC(Cc1cn(-c2ccc([N+](=O)[O-])c(Br)c2)nn1)C(=O)O. The quantitative estimate of drug-likeness (QED) is 0.599. The second-order valence-corrected chi connectivity index (χ2v) is 5.05. The number of halogens is 1. The summed E-state index contributed by atoms with van der Waals surface area (Å²) < 4.78 is 1.70. The number of nitrogens with two attached hydrogens (primary N) is 1. The van der Waals surface area contributed by atoms with Crippen molar-refractivity contribution in [2.24, 2.45) is 5.73 Å². The smallest absolute Gasteiger partial charge is 0.320 e. The number of carboxylic acid groups (broad SMARTS) is 1. The summed E-state index contributed by atoms with van der Waals surface area (Å²) in [4.78, 5) is 20.9. The maximum Gasteiger partial charge on any atom is 0.320 e. The van der Waals surface area contributed by atoms with E-state index in [-0.39, 0.29) is 12.1 Å². The molecule has 0 spiro atoms. The first-order valence-corrected chi connectivity index (χ1v) is 6.51. The van der Waals surface area contributed by atoms with Crippen molar-refractivity contribution < 1.29 is 14.8 Å². The molecule has 21 heavy (non-hydrogen) atoms. The molecule has 1 atom stereocenters. The van der Waals surface area contributed by atoms with Crippen molar-refractivity contribution in [3.63, 3.8) is 0 Å². The van der Waals surface area contributed by atoms with Gasteiger partial charge in [-0.05, 0) is 28.1 Å². The fraction of sp³-hybridized carbons (Fsp3) is 0.182. The van der Waals surface area contributed by atoms with Gasteiger partial charge >= 0.3 is 5.97 Å². The average molecular weight is 356 g/mol. The van der Waals surface area contributed by atoms with E-state index in [2.05, 4.69) is 26.2 Å². The van der Waals surface area contributed by atoms with Crippen LogP contribution >= 0.6 is 15.9 Å². The van der Waals surface area contributed by atoms with E-state index < -0.39 is 16.9 Å². The summed E-state index contributed by atoms with van der Waals surface area (Å²) >= 11 is 3.11. The summed E-state index contributed by atoms with van der Waals surface area (Å²) in [5.74, 6) is -1.12. The third-order valence-electron chi connectivity index (χ3n) is 2.68. The normalized spacial score (nSPS) is 12.1. The van der Waals surface area contributed by atoms with Gasteiger partial charge in [0, 0.05) is 12.5 Å². The minimum atomic E-state index is -1.12. The largest absolute Gasteiger partial charge is 0.480 e. The first kappa shape index (κ1) is 15.1. The molecule has 1 heterocycles. The van der Waals surface area contributed by atoms with Crippen LogP contribution in [0.5, 0.6) is 0 Å². The molecule has 0 aliphatic carbocycles. The van der Waals surface area contributed by atoms with Gasteiger partial charge in [-0.3, -0.25) is 14.9 Å². The molecule has 10 heteroatoms. The molecular weight excluding hydrogens is 346 g/mol. The summed E-state index contributed by atoms with van der Waals surface area (Å²) in [6.07, 6.45) is 1.57. The predicted molar refractivity (Wildman–Crippen MR) is 75.0 cm³/mol. The van der Waals surface area contributed by atoms with Gasteiger partial charge in [-0.25, -0.2) is 4.68 Å². The molecule has 0 bridgehead atoms. The zero-order chi connectivity index (χ0) is 15.6. The van der Waals surface area contributed by atoms with E-state index in [4.69, 9.17) is 10.8 Å². The van der Waals surface area contributed by atoms with E-state index in [0.717, 1.165) is 0 Å². The van der Waals surface area contributed by atoms with E-state index in [1.807, 2.05) is 0 Å². The average Bonchev–Trinajstić information content (AvgIpc) is 2.86. The van der Waals surface area contributed by atoms with Gasteiger partial charge in [0.05, 0.1) is 27.0 Å². The summed E-state index contributed by atoms with van der Waals surface area (Å²) in [6, 6.07) is 3.31. The molecule has 9 nitrogen and oxygen atoms in total. The molecule has 0 aliphatic heterocycles. The van der Waals surface area contributed by atoms with Crippen molar-refractivity contribution in [3.8, 4) is 5.69 Å². The van der Waals surface area contributed by atoms with Crippen molar-refractivity contribution in [1.29, 1.82) is 0 Å². The maximum absolute atomic E-state index is 10.7. The van der Waals surface area contributed by atoms with Gasteiger partial charge in [-0.15, -0.1) is 5.10 Å². The second kappa shape index (κ2) is 5.97. The fourth-order valence-corrected chi connectivity index (χ4v) is 2.13. The number of aromatic nitrogens is 3. The molecule has 0 fully saturated rings. The molecule has 0 radical (unpaired) electrons. The fourth-order valence-electron chi connectivity index (χ4n) is 1.62. The zero-order valence-corrected chi connectivity index (χ0v) is 12.1. The number of hydrogen-bond donors (Lipinski definition) is 2. The first-order chi connectivity index (χ1) is 9.88. The Morgan fingerprint density at radius 2 is 2.29 bits per heavy atom. The molecule has 1 aromatic carbocycles. The van der Waals surface area contributed by atoms with Gasteiger partial charge < -0.3 is 10.8 Å². The monoisotopic (exact) mass is 355 g/mol. The van der Waals surface area contributed by atoms with Crippen molar-refractivity contribution >= 4 is 27.6 Å². The lowest BCUT2D eigenvalue weighted by Gasteiger charge is -2.02. The molecule has 1 aromatic heterocycles. The minimum Gasteiger partial charge on any atom is -0.480 e. The van der Waals surface area contributed by atoms with Gasteiger partial charge in [0.15, 0.2) is 0 Å². The Labute approximate surface area is 126 Å². The molecule has 1 unspecified atom stereocenters. The highest BCUT2D eigenvalue weighted by Crippen LogP contribution is 2.26. The van der Waals surface area contributed by atoms with Crippen molar-refractivity contribution in [2.45, 2.75) is 12.5 Å². The van der Waals surface area contributed by atoms with Crippen molar-refractivity contribution in [2.75, 3.05) is 0 Å². The van der Waals surface area contributed by atoms with Crippen molar-refractivity contribution in [1.82, 2.24) is 15.0 Å². The number of hydrogen-bond acceptors (Lipinski definition) is 6. The van der Waals surface area contributed by atoms with E-state index in [1.165, 1.54) is 29.1 Å². The van der Waals surface area contributed by atoms with Crippen LogP contribution in [0.2, 0.25) is 0 Å². The highest BCUT2D eigenvalue weighted by Gasteiger charge is 2.16. The van der Waals surface area contributed by atoms with Gasteiger partial charge in [-0.1, -0.05) is 5.21 Å². The van der Waals surface area contributed by atoms with Crippen LogP contribution in [0.3, 0.4) is 0 Å². The lowest BCUT2D eigenvalue weighted by molar-refractivity contribution is -0.385. The number of carboxylic acids is 1. The van der Waals surface area contributed by atoms with E-state index >= 15 is 0 Å². The molecule has 2 rings (SSSR count). The molecule has 0 aliphatic rings. The van der Waals surface area contributed by atoms with Crippen LogP contribution in [-0.2, 0) is 11.2 Å². The van der Waals surface area contributed by atoms with Crippen LogP contribution in [0.4, 0.5) is 5.69 Å². The molecule has 0 amide bonds. The van der Waals surface area contributed by atoms with Gasteiger partial charge in [0.1, 0.15) is 6.04 Å². The van der Waals surface area contributed by atoms with Crippen LogP contribution in [0.1, 0.15) is 5.69 Å². The van der Waals surface area contributed by atoms with E-state index in [0.29, 0.717) is 15.9 Å². The lowest BCUT2D eigenvalue weighted by Crippen LogP contribution is -2.32. The lowest BCUT2D eigenvalue weighted by atomic mass is 10.2. The Balaban J connectivity index is 2.23. The number of nitro benzene ring substituents is 1. The van der Waals surface area contributed by atoms with Crippen LogP contribution < -0.4 is 5.73 Å². The van der Waals surface area contributed by atoms with Gasteiger partial charge in [0.25, 0.3) is 5.69 Å². The number of nitrogens with zero attached hydrogens (tertiary/aromatic N) is 4. The number of aliphatic carboxylic acids is 1. The van der Waals surface area contributed by atoms with Crippen LogP contribution in [0, 0.1) is 10.1 Å². The van der Waals surface area contributed by atoms with E-state index in [9.17, 15) is 14.9 Å². The Morgan fingerprint density at radius 3 is 2.86 bits per heavy atom. The summed E-state index contributed by atoms with van der Waals surface area (Å²) in [7, 11) is 0. The number of benzene rings is 1. The molecule has 3 N–H and O–H groups in total. The van der Waals surface area contributed by atoms with Crippen LogP contribution in [-0.4, -0.2) is 37.0 Å². The molecular formula is C11H10BrN5O4. The number of carbonyl (C=O) groups is 1. The van der Waals surface area contributed by atoms with Crippen LogP contribution in [0.15, 0.2) is 28.9 Å². The predicted octanol–water partition coefficient (Wildman–Crippen LogP) is 0.892. The number of nitro groups is 1. The highest BCUT2D eigenvalue weighted by atomic mass is 79.9. The first-order valence-electron chi connectivity index (χ1n) is 5.72. The second-order valence-electron chi connectivity index (χ2n) is 4.20. The summed E-state index contributed by atoms with van der Waals surface area (Å²) in [6.45, 7) is 0. The summed E-state index contributed by atoms with van der Waals surface area (Å²) in [5.41, 5.74) is 6.32. The van der Waals surface area contributed by atoms with E-state index in [1.54, 1.807) is 0 Å². The standard InChI is InChI=1S/C11H10BrN5O4/c12-8-4-7(1-2-10(8)17(20)21)16-5-6(14-15-16)3-9(13)11(18)19/h1-2,4-5,9H,3,13H2,(H,18,19). The Hall–Kier alpha value is -2.33.